The minimum absolute atomic E-state index is 0.125. The van der Waals surface area contributed by atoms with E-state index in [4.69, 9.17) is 0 Å². The van der Waals surface area contributed by atoms with Crippen LogP contribution >= 0.6 is 15.9 Å². The van der Waals surface area contributed by atoms with Gasteiger partial charge in [0.1, 0.15) is 11.6 Å². The van der Waals surface area contributed by atoms with Gasteiger partial charge in [-0.3, -0.25) is 0 Å². The highest BCUT2D eigenvalue weighted by Gasteiger charge is 2.13. The fourth-order valence-corrected chi connectivity index (χ4v) is 2.44. The first-order valence-corrected chi connectivity index (χ1v) is 6.76. The van der Waals surface area contributed by atoms with Crippen molar-refractivity contribution >= 4 is 15.9 Å². The van der Waals surface area contributed by atoms with Crippen LogP contribution in [0.5, 0.6) is 0 Å². The largest absolute Gasteiger partial charge is 0.313 e. The summed E-state index contributed by atoms with van der Waals surface area (Å²) in [6, 6.07) is 11.1. The minimum atomic E-state index is -0.285. The van der Waals surface area contributed by atoms with E-state index in [1.807, 2.05) is 6.07 Å². The number of hydrogen-bond donors (Lipinski definition) is 1. The molecule has 1 atom stereocenters. The molecule has 0 saturated carbocycles. The lowest BCUT2D eigenvalue weighted by Crippen LogP contribution is -2.19. The quantitative estimate of drug-likeness (QED) is 0.887. The van der Waals surface area contributed by atoms with Crippen LogP contribution in [0.3, 0.4) is 0 Å². The minimum Gasteiger partial charge on any atom is -0.313 e. The summed E-state index contributed by atoms with van der Waals surface area (Å²) in [6.07, 6.45) is 0.464. The standard InChI is InChI=1S/C15H14BrF2N/c1-19-15(10-3-2-4-13(17)8-10)9-11-7-12(16)5-6-14(11)18/h2-8,15,19H,9H2,1H3. The van der Waals surface area contributed by atoms with Gasteiger partial charge in [0.15, 0.2) is 0 Å². The molecule has 0 aliphatic heterocycles. The van der Waals surface area contributed by atoms with Crippen molar-refractivity contribution in [3.8, 4) is 0 Å². The molecule has 1 unspecified atom stereocenters. The van der Waals surface area contributed by atoms with Crippen LogP contribution in [-0.2, 0) is 6.42 Å². The third-order valence-corrected chi connectivity index (χ3v) is 3.52. The van der Waals surface area contributed by atoms with Gasteiger partial charge in [-0.15, -0.1) is 0 Å². The Labute approximate surface area is 119 Å². The first-order chi connectivity index (χ1) is 9.10. The maximum Gasteiger partial charge on any atom is 0.126 e. The smallest absolute Gasteiger partial charge is 0.126 e. The molecular formula is C15H14BrF2N. The first-order valence-electron chi connectivity index (χ1n) is 5.97. The molecular weight excluding hydrogens is 312 g/mol. The summed E-state index contributed by atoms with van der Waals surface area (Å²) < 4.78 is 27.8. The van der Waals surface area contributed by atoms with E-state index in [1.54, 1.807) is 25.2 Å². The number of nitrogens with one attached hydrogen (secondary N) is 1. The molecule has 0 fully saturated rings. The first kappa shape index (κ1) is 14.2. The van der Waals surface area contributed by atoms with E-state index in [9.17, 15) is 8.78 Å². The summed E-state index contributed by atoms with van der Waals surface area (Å²) >= 11 is 3.33. The molecule has 0 amide bonds. The van der Waals surface area contributed by atoms with Crippen molar-refractivity contribution in [1.29, 1.82) is 0 Å². The van der Waals surface area contributed by atoms with Crippen molar-refractivity contribution in [3.63, 3.8) is 0 Å². The van der Waals surface area contributed by atoms with E-state index in [0.29, 0.717) is 12.0 Å². The van der Waals surface area contributed by atoms with Gasteiger partial charge in [0, 0.05) is 10.5 Å². The van der Waals surface area contributed by atoms with Crippen LogP contribution in [0, 0.1) is 11.6 Å². The second-order valence-corrected chi connectivity index (χ2v) is 5.25. The fourth-order valence-electron chi connectivity index (χ4n) is 2.03. The summed E-state index contributed by atoms with van der Waals surface area (Å²) in [4.78, 5) is 0. The highest BCUT2D eigenvalue weighted by molar-refractivity contribution is 9.10. The van der Waals surface area contributed by atoms with Gasteiger partial charge in [-0.2, -0.15) is 0 Å². The predicted molar refractivity (Wildman–Crippen MR) is 76.0 cm³/mol. The van der Waals surface area contributed by atoms with E-state index >= 15 is 0 Å². The Morgan fingerprint density at radius 3 is 2.63 bits per heavy atom. The van der Waals surface area contributed by atoms with Gasteiger partial charge >= 0.3 is 0 Å². The Bertz CT molecular complexity index is 572. The molecule has 1 N–H and O–H groups in total. The van der Waals surface area contributed by atoms with Crippen LogP contribution in [0.1, 0.15) is 17.2 Å². The predicted octanol–water partition coefficient (Wildman–Crippen LogP) is 4.23. The van der Waals surface area contributed by atoms with Crippen LogP contribution in [-0.4, -0.2) is 7.05 Å². The van der Waals surface area contributed by atoms with Gasteiger partial charge in [0.2, 0.25) is 0 Å². The van der Waals surface area contributed by atoms with Crippen LogP contribution in [0.15, 0.2) is 46.9 Å². The van der Waals surface area contributed by atoms with Gasteiger partial charge in [-0.05, 0) is 54.9 Å². The summed E-state index contributed by atoms with van der Waals surface area (Å²) in [5.41, 5.74) is 1.40. The fraction of sp³-hybridized carbons (Fsp3) is 0.200. The van der Waals surface area contributed by atoms with E-state index in [-0.39, 0.29) is 17.7 Å². The van der Waals surface area contributed by atoms with Crippen molar-refractivity contribution in [2.75, 3.05) is 7.05 Å². The van der Waals surface area contributed by atoms with Gasteiger partial charge in [0.05, 0.1) is 0 Å². The lowest BCUT2D eigenvalue weighted by Gasteiger charge is -2.17. The maximum absolute atomic E-state index is 13.7. The molecule has 0 aromatic heterocycles. The average Bonchev–Trinajstić information content (AvgIpc) is 2.39. The summed E-state index contributed by atoms with van der Waals surface area (Å²) in [5.74, 6) is -0.535. The molecule has 0 radical (unpaired) electrons. The molecule has 2 rings (SSSR count). The highest BCUT2D eigenvalue weighted by atomic mass is 79.9. The Morgan fingerprint density at radius 2 is 1.95 bits per heavy atom. The Hall–Kier alpha value is -1.26. The lowest BCUT2D eigenvalue weighted by molar-refractivity contribution is 0.549. The Balaban J connectivity index is 2.26. The van der Waals surface area contributed by atoms with E-state index in [0.717, 1.165) is 10.0 Å². The van der Waals surface area contributed by atoms with Gasteiger partial charge < -0.3 is 5.32 Å². The Kier molecular flexibility index (Phi) is 4.66. The second-order valence-electron chi connectivity index (χ2n) is 4.34. The zero-order valence-electron chi connectivity index (χ0n) is 10.5. The van der Waals surface area contributed by atoms with Crippen LogP contribution in [0.4, 0.5) is 8.78 Å². The number of rotatable bonds is 4. The van der Waals surface area contributed by atoms with E-state index < -0.39 is 0 Å². The van der Waals surface area contributed by atoms with Gasteiger partial charge in [-0.25, -0.2) is 8.78 Å². The molecule has 0 bridgehead atoms. The van der Waals surface area contributed by atoms with E-state index in [1.165, 1.54) is 18.2 Å². The second kappa shape index (κ2) is 6.26. The molecule has 19 heavy (non-hydrogen) atoms. The van der Waals surface area contributed by atoms with Gasteiger partial charge in [0.25, 0.3) is 0 Å². The SMILES string of the molecule is CNC(Cc1cc(Br)ccc1F)c1cccc(F)c1. The number of hydrogen-bond acceptors (Lipinski definition) is 1. The Morgan fingerprint density at radius 1 is 1.16 bits per heavy atom. The maximum atomic E-state index is 13.7. The third-order valence-electron chi connectivity index (χ3n) is 3.03. The van der Waals surface area contributed by atoms with Gasteiger partial charge in [-0.1, -0.05) is 28.1 Å². The summed E-state index contributed by atoms with van der Waals surface area (Å²) in [6.45, 7) is 0. The third kappa shape index (κ3) is 3.61. The molecule has 2 aromatic rings. The summed E-state index contributed by atoms with van der Waals surface area (Å²) in [5, 5.41) is 3.09. The van der Waals surface area contributed by atoms with Crippen LogP contribution in [0.25, 0.3) is 0 Å². The molecule has 1 nitrogen and oxygen atoms in total. The zero-order valence-corrected chi connectivity index (χ0v) is 12.0. The van der Waals surface area contributed by atoms with Crippen molar-refractivity contribution in [2.24, 2.45) is 0 Å². The van der Waals surface area contributed by atoms with Crippen molar-refractivity contribution in [2.45, 2.75) is 12.5 Å². The molecule has 0 spiro atoms. The molecule has 0 heterocycles. The molecule has 100 valence electrons. The number of likely N-dealkylation sites (N-methyl/N-ethyl adjacent to an activating group) is 1. The normalized spacial score (nSPS) is 12.4. The van der Waals surface area contributed by atoms with Crippen LogP contribution < -0.4 is 5.32 Å². The van der Waals surface area contributed by atoms with Crippen molar-refractivity contribution in [3.05, 3.63) is 69.7 Å². The molecule has 0 saturated heterocycles. The molecule has 2 aromatic carbocycles. The number of benzene rings is 2. The molecule has 0 aliphatic carbocycles. The van der Waals surface area contributed by atoms with E-state index in [2.05, 4.69) is 21.2 Å². The topological polar surface area (TPSA) is 12.0 Å². The number of halogens is 3. The highest BCUT2D eigenvalue weighted by Crippen LogP contribution is 2.23. The average molecular weight is 326 g/mol. The van der Waals surface area contributed by atoms with Crippen LogP contribution in [0.2, 0.25) is 0 Å². The molecule has 0 aliphatic rings. The lowest BCUT2D eigenvalue weighted by atomic mass is 9.98. The van der Waals surface area contributed by atoms with Crippen molar-refractivity contribution < 1.29 is 8.78 Å². The van der Waals surface area contributed by atoms with Crippen molar-refractivity contribution in [1.82, 2.24) is 5.32 Å². The monoisotopic (exact) mass is 325 g/mol. The summed E-state index contributed by atoms with van der Waals surface area (Å²) in [7, 11) is 1.78. The molecule has 4 heteroatoms. The zero-order chi connectivity index (χ0) is 13.8.